The number of halogens is 1. The Kier molecular flexibility index (Phi) is 3.96. The number of ether oxygens (including phenoxy) is 1. The molecule has 0 saturated heterocycles. The highest BCUT2D eigenvalue weighted by molar-refractivity contribution is 6.31. The van der Waals surface area contributed by atoms with Gasteiger partial charge in [-0.2, -0.15) is 0 Å². The van der Waals surface area contributed by atoms with E-state index in [1.807, 2.05) is 54.6 Å². The summed E-state index contributed by atoms with van der Waals surface area (Å²) in [6.45, 7) is 0. The molecule has 3 aromatic rings. The summed E-state index contributed by atoms with van der Waals surface area (Å²) in [5, 5.41) is 11.6. The van der Waals surface area contributed by atoms with Crippen LogP contribution < -0.4 is 10.1 Å². The van der Waals surface area contributed by atoms with Crippen LogP contribution in [0, 0.1) is 5.41 Å². The molecule has 0 saturated carbocycles. The number of hydrogen-bond acceptors (Lipinski definition) is 3. The largest absolute Gasteiger partial charge is 0.455 e. The lowest BCUT2D eigenvalue weighted by atomic mass is 10.1. The van der Waals surface area contributed by atoms with Crippen molar-refractivity contribution in [2.45, 2.75) is 0 Å². The number of rotatable bonds is 3. The fourth-order valence-corrected chi connectivity index (χ4v) is 2.82. The zero-order valence-electron chi connectivity index (χ0n) is 13.2. The van der Waals surface area contributed by atoms with Gasteiger partial charge in [0.2, 0.25) is 0 Å². The van der Waals surface area contributed by atoms with E-state index in [4.69, 9.17) is 21.7 Å². The molecule has 3 aromatic carbocycles. The normalized spacial score (nSPS) is 14.3. The number of fused-ring (bicyclic) bond motifs is 1. The molecule has 1 heterocycles. The van der Waals surface area contributed by atoms with Gasteiger partial charge in [0.25, 0.3) is 0 Å². The molecule has 25 heavy (non-hydrogen) atoms. The van der Waals surface area contributed by atoms with Crippen molar-refractivity contribution in [3.63, 3.8) is 0 Å². The van der Waals surface area contributed by atoms with Crippen molar-refractivity contribution >= 4 is 29.0 Å². The summed E-state index contributed by atoms with van der Waals surface area (Å²) in [7, 11) is 0. The minimum Gasteiger partial charge on any atom is -0.455 e. The monoisotopic (exact) mass is 347 g/mol. The van der Waals surface area contributed by atoms with Gasteiger partial charge >= 0.3 is 0 Å². The van der Waals surface area contributed by atoms with Gasteiger partial charge in [0.1, 0.15) is 23.1 Å². The fourth-order valence-electron chi connectivity index (χ4n) is 2.65. The van der Waals surface area contributed by atoms with Crippen LogP contribution >= 0.6 is 11.6 Å². The summed E-state index contributed by atoms with van der Waals surface area (Å²) >= 11 is 6.15. The number of nitrogens with one attached hydrogen (secondary N) is 2. The third-order valence-corrected chi connectivity index (χ3v) is 4.05. The number of nitrogens with zero attached hydrogens (tertiary/aromatic N) is 1. The average molecular weight is 348 g/mol. The number of para-hydroxylation sites is 1. The Morgan fingerprint density at radius 1 is 0.880 bits per heavy atom. The fraction of sp³-hybridized carbons (Fsp3) is 0. The maximum atomic E-state index is 8.05. The molecule has 0 bridgehead atoms. The predicted octanol–water partition coefficient (Wildman–Crippen LogP) is 5.14. The molecule has 5 heteroatoms. The van der Waals surface area contributed by atoms with E-state index in [0.717, 1.165) is 16.9 Å². The molecule has 0 amide bonds. The maximum absolute atomic E-state index is 8.05. The third-order valence-electron chi connectivity index (χ3n) is 3.82. The van der Waals surface area contributed by atoms with Gasteiger partial charge in [0, 0.05) is 16.1 Å². The highest BCUT2D eigenvalue weighted by Gasteiger charge is 2.22. The molecule has 122 valence electrons. The second-order valence-electron chi connectivity index (χ2n) is 5.53. The smallest absolute Gasteiger partial charge is 0.153 e. The van der Waals surface area contributed by atoms with Gasteiger partial charge in [0.05, 0.1) is 0 Å². The lowest BCUT2D eigenvalue weighted by molar-refractivity contribution is 0.484. The second-order valence-corrected chi connectivity index (χ2v) is 5.97. The van der Waals surface area contributed by atoms with Crippen LogP contribution in [0.1, 0.15) is 11.1 Å². The van der Waals surface area contributed by atoms with Crippen molar-refractivity contribution in [3.8, 4) is 11.5 Å². The topological polar surface area (TPSA) is 57.5 Å². The lowest BCUT2D eigenvalue weighted by Crippen LogP contribution is -2.21. The van der Waals surface area contributed by atoms with Crippen LogP contribution in [0.4, 0.5) is 5.69 Å². The molecule has 0 atom stereocenters. The van der Waals surface area contributed by atoms with E-state index in [1.54, 1.807) is 18.2 Å². The molecule has 0 aliphatic carbocycles. The van der Waals surface area contributed by atoms with Gasteiger partial charge in [-0.1, -0.05) is 54.1 Å². The Hall–Kier alpha value is -3.11. The second kappa shape index (κ2) is 6.42. The Bertz CT molecular complexity index is 983. The van der Waals surface area contributed by atoms with E-state index in [9.17, 15) is 0 Å². The Balaban J connectivity index is 1.76. The van der Waals surface area contributed by atoms with Gasteiger partial charge in [0.15, 0.2) is 5.75 Å². The first-order valence-electron chi connectivity index (χ1n) is 7.77. The Morgan fingerprint density at radius 3 is 2.40 bits per heavy atom. The third kappa shape index (κ3) is 3.12. The SMILES string of the molecule is N=C1NC(=Nc2cc(Cl)ccc2Oc2ccccc2)c2ccccc21. The molecule has 4 rings (SSSR count). The first-order valence-corrected chi connectivity index (χ1v) is 8.15. The summed E-state index contributed by atoms with van der Waals surface area (Å²) in [4.78, 5) is 4.66. The standard InChI is InChI=1S/C20H14ClN3O/c21-13-10-11-18(25-14-6-2-1-3-7-14)17(12-13)23-20-16-9-5-4-8-15(16)19(22)24-20/h1-12H,(H2,22,23,24). The summed E-state index contributed by atoms with van der Waals surface area (Å²) in [5.41, 5.74) is 2.32. The predicted molar refractivity (Wildman–Crippen MR) is 101 cm³/mol. The molecule has 0 unspecified atom stereocenters. The van der Waals surface area contributed by atoms with E-state index >= 15 is 0 Å². The van der Waals surface area contributed by atoms with Gasteiger partial charge in [-0.15, -0.1) is 0 Å². The zero-order chi connectivity index (χ0) is 17.2. The number of aliphatic imine (C=N–C) groups is 1. The molecular formula is C20H14ClN3O. The van der Waals surface area contributed by atoms with Crippen LogP contribution in [0.25, 0.3) is 0 Å². The van der Waals surface area contributed by atoms with Crippen LogP contribution in [0.15, 0.2) is 77.8 Å². The van der Waals surface area contributed by atoms with Crippen molar-refractivity contribution in [2.75, 3.05) is 0 Å². The summed E-state index contributed by atoms with van der Waals surface area (Å²) in [6, 6.07) is 22.5. The first kappa shape index (κ1) is 15.4. The lowest BCUT2D eigenvalue weighted by Gasteiger charge is -2.09. The van der Waals surface area contributed by atoms with E-state index in [1.165, 1.54) is 0 Å². The number of benzene rings is 3. The molecule has 2 N–H and O–H groups in total. The highest BCUT2D eigenvalue weighted by atomic mass is 35.5. The van der Waals surface area contributed by atoms with Crippen LogP contribution in [-0.4, -0.2) is 11.7 Å². The zero-order valence-corrected chi connectivity index (χ0v) is 13.9. The highest BCUT2D eigenvalue weighted by Crippen LogP contribution is 2.35. The maximum Gasteiger partial charge on any atom is 0.153 e. The Labute approximate surface area is 150 Å². The first-order chi connectivity index (χ1) is 12.2. The number of hydrogen-bond donors (Lipinski definition) is 2. The van der Waals surface area contributed by atoms with Gasteiger partial charge < -0.3 is 10.1 Å². The van der Waals surface area contributed by atoms with E-state index < -0.39 is 0 Å². The minimum atomic E-state index is 0.335. The molecule has 4 nitrogen and oxygen atoms in total. The van der Waals surface area contributed by atoms with E-state index in [-0.39, 0.29) is 0 Å². The van der Waals surface area contributed by atoms with Crippen molar-refractivity contribution in [2.24, 2.45) is 4.99 Å². The van der Waals surface area contributed by atoms with Gasteiger partial charge in [-0.3, -0.25) is 5.41 Å². The molecule has 0 spiro atoms. The molecule has 1 aliphatic rings. The quantitative estimate of drug-likeness (QED) is 0.689. The molecule has 0 radical (unpaired) electrons. The number of amidine groups is 2. The van der Waals surface area contributed by atoms with Crippen LogP contribution in [-0.2, 0) is 0 Å². The average Bonchev–Trinajstić information content (AvgIpc) is 2.95. The van der Waals surface area contributed by atoms with Gasteiger partial charge in [-0.05, 0) is 30.3 Å². The van der Waals surface area contributed by atoms with Crippen molar-refractivity contribution < 1.29 is 4.74 Å². The Morgan fingerprint density at radius 2 is 1.60 bits per heavy atom. The van der Waals surface area contributed by atoms with E-state index in [2.05, 4.69) is 10.3 Å². The molecule has 0 aromatic heterocycles. The van der Waals surface area contributed by atoms with Crippen LogP contribution in [0.5, 0.6) is 11.5 Å². The molecule has 0 fully saturated rings. The summed E-state index contributed by atoms with van der Waals surface area (Å²) in [6.07, 6.45) is 0. The van der Waals surface area contributed by atoms with Crippen molar-refractivity contribution in [1.82, 2.24) is 5.32 Å². The van der Waals surface area contributed by atoms with E-state index in [0.29, 0.717) is 28.1 Å². The van der Waals surface area contributed by atoms with Gasteiger partial charge in [-0.25, -0.2) is 4.99 Å². The minimum absolute atomic E-state index is 0.335. The molecule has 1 aliphatic heterocycles. The van der Waals surface area contributed by atoms with Crippen LogP contribution in [0.3, 0.4) is 0 Å². The van der Waals surface area contributed by atoms with Crippen LogP contribution in [0.2, 0.25) is 5.02 Å². The van der Waals surface area contributed by atoms with Crippen molar-refractivity contribution in [1.29, 1.82) is 5.41 Å². The molecular weight excluding hydrogens is 334 g/mol. The summed E-state index contributed by atoms with van der Waals surface area (Å²) in [5.74, 6) is 2.27. The van der Waals surface area contributed by atoms with Crippen molar-refractivity contribution in [3.05, 3.63) is 88.9 Å². The summed E-state index contributed by atoms with van der Waals surface area (Å²) < 4.78 is 5.94.